The molecule has 1 saturated heterocycles. The van der Waals surface area contributed by atoms with E-state index in [1.807, 2.05) is 13.8 Å². The molecule has 7 nitrogen and oxygen atoms in total. The van der Waals surface area contributed by atoms with Crippen molar-refractivity contribution in [1.82, 2.24) is 18.8 Å². The monoisotopic (exact) mass is 292 g/mol. The third-order valence-corrected chi connectivity index (χ3v) is 5.41. The Balaban J connectivity index is 2.67. The van der Waals surface area contributed by atoms with Gasteiger partial charge in [0, 0.05) is 40.3 Å². The molecule has 0 saturated carbocycles. The summed E-state index contributed by atoms with van der Waals surface area (Å²) in [5.74, 6) is -0.00287. The minimum atomic E-state index is -3.38. The molecule has 1 N–H and O–H groups in total. The van der Waals surface area contributed by atoms with Gasteiger partial charge >= 0.3 is 0 Å². The zero-order valence-electron chi connectivity index (χ0n) is 12.3. The van der Waals surface area contributed by atoms with E-state index in [-0.39, 0.29) is 5.91 Å². The van der Waals surface area contributed by atoms with E-state index in [9.17, 15) is 13.2 Å². The molecular formula is C11H24N4O3S. The lowest BCUT2D eigenvalue weighted by atomic mass is 10.0. The summed E-state index contributed by atoms with van der Waals surface area (Å²) in [5, 5.41) is 2.97. The Morgan fingerprint density at radius 2 is 1.63 bits per heavy atom. The minimum Gasteiger partial charge on any atom is -0.338 e. The molecule has 1 rings (SSSR count). The van der Waals surface area contributed by atoms with Gasteiger partial charge in [0.1, 0.15) is 0 Å². The van der Waals surface area contributed by atoms with E-state index in [1.54, 1.807) is 11.9 Å². The summed E-state index contributed by atoms with van der Waals surface area (Å²) in [6.45, 7) is 5.17. The van der Waals surface area contributed by atoms with Crippen LogP contribution in [0, 0.1) is 0 Å². The van der Waals surface area contributed by atoms with Crippen molar-refractivity contribution in [2.75, 3.05) is 47.3 Å². The number of nitrogens with one attached hydrogen (secondary N) is 1. The molecular weight excluding hydrogens is 268 g/mol. The molecule has 0 aromatic rings. The number of piperazine rings is 1. The second-order valence-corrected chi connectivity index (χ2v) is 7.50. The van der Waals surface area contributed by atoms with Crippen LogP contribution in [0.2, 0.25) is 0 Å². The zero-order chi connectivity index (χ0) is 14.8. The SMILES string of the molecule is CNC(C)(C)C(=O)N1CCN(S(=O)(=O)N(C)C)CC1. The highest BCUT2D eigenvalue weighted by molar-refractivity contribution is 7.86. The predicted molar refractivity (Wildman–Crippen MR) is 73.9 cm³/mol. The number of likely N-dealkylation sites (N-methyl/N-ethyl adjacent to an activating group) is 1. The lowest BCUT2D eigenvalue weighted by Gasteiger charge is -2.38. The molecule has 0 aromatic carbocycles. The van der Waals surface area contributed by atoms with Crippen LogP contribution >= 0.6 is 0 Å². The van der Waals surface area contributed by atoms with Crippen LogP contribution in [0.1, 0.15) is 13.8 Å². The van der Waals surface area contributed by atoms with Crippen molar-refractivity contribution in [3.63, 3.8) is 0 Å². The van der Waals surface area contributed by atoms with Crippen molar-refractivity contribution in [2.45, 2.75) is 19.4 Å². The van der Waals surface area contributed by atoms with Gasteiger partial charge in [-0.15, -0.1) is 0 Å². The summed E-state index contributed by atoms with van der Waals surface area (Å²) in [6, 6.07) is 0. The summed E-state index contributed by atoms with van der Waals surface area (Å²) in [7, 11) is 1.39. The predicted octanol–water partition coefficient (Wildman–Crippen LogP) is -1.06. The third kappa shape index (κ3) is 3.44. The van der Waals surface area contributed by atoms with E-state index < -0.39 is 15.7 Å². The molecule has 0 unspecified atom stereocenters. The number of rotatable bonds is 4. The van der Waals surface area contributed by atoms with E-state index in [0.29, 0.717) is 26.2 Å². The fraction of sp³-hybridized carbons (Fsp3) is 0.909. The molecule has 0 aliphatic carbocycles. The molecule has 8 heteroatoms. The summed E-state index contributed by atoms with van der Waals surface area (Å²) in [5.41, 5.74) is -0.622. The molecule has 1 aliphatic heterocycles. The first-order valence-corrected chi connectivity index (χ1v) is 7.68. The lowest BCUT2D eigenvalue weighted by Crippen LogP contribution is -2.59. The van der Waals surface area contributed by atoms with E-state index in [2.05, 4.69) is 5.32 Å². The highest BCUT2D eigenvalue weighted by atomic mass is 32.2. The van der Waals surface area contributed by atoms with Crippen molar-refractivity contribution >= 4 is 16.1 Å². The number of amides is 1. The first-order valence-electron chi connectivity index (χ1n) is 6.29. The smallest absolute Gasteiger partial charge is 0.281 e. The Labute approximate surface area is 115 Å². The molecule has 0 aromatic heterocycles. The Hall–Kier alpha value is -0.700. The number of carbonyl (C=O) groups is 1. The van der Waals surface area contributed by atoms with E-state index in [1.165, 1.54) is 22.7 Å². The number of nitrogens with zero attached hydrogens (tertiary/aromatic N) is 3. The van der Waals surface area contributed by atoms with Crippen molar-refractivity contribution in [1.29, 1.82) is 0 Å². The van der Waals surface area contributed by atoms with Crippen LogP contribution in [0.25, 0.3) is 0 Å². The lowest BCUT2D eigenvalue weighted by molar-refractivity contribution is -0.138. The molecule has 1 heterocycles. The Morgan fingerprint density at radius 1 is 1.16 bits per heavy atom. The summed E-state index contributed by atoms with van der Waals surface area (Å²) in [6.07, 6.45) is 0. The van der Waals surface area contributed by atoms with Gasteiger partial charge in [-0.2, -0.15) is 17.0 Å². The van der Waals surface area contributed by atoms with Gasteiger partial charge in [0.15, 0.2) is 0 Å². The van der Waals surface area contributed by atoms with Crippen molar-refractivity contribution in [3.8, 4) is 0 Å². The fourth-order valence-corrected chi connectivity index (χ4v) is 2.94. The van der Waals surface area contributed by atoms with Gasteiger partial charge in [-0.1, -0.05) is 0 Å². The average Bonchev–Trinajstić information content (AvgIpc) is 2.37. The number of carbonyl (C=O) groups excluding carboxylic acids is 1. The van der Waals surface area contributed by atoms with Crippen molar-refractivity contribution in [2.24, 2.45) is 0 Å². The molecule has 112 valence electrons. The molecule has 19 heavy (non-hydrogen) atoms. The van der Waals surface area contributed by atoms with Gasteiger partial charge in [0.05, 0.1) is 5.54 Å². The summed E-state index contributed by atoms with van der Waals surface area (Å²) in [4.78, 5) is 13.9. The van der Waals surface area contributed by atoms with Gasteiger partial charge in [0.25, 0.3) is 10.2 Å². The van der Waals surface area contributed by atoms with Crippen molar-refractivity contribution in [3.05, 3.63) is 0 Å². The minimum absolute atomic E-state index is 0.00287. The van der Waals surface area contributed by atoms with Crippen LogP contribution in [-0.4, -0.2) is 80.7 Å². The van der Waals surface area contributed by atoms with E-state index >= 15 is 0 Å². The largest absolute Gasteiger partial charge is 0.338 e. The summed E-state index contributed by atoms with van der Waals surface area (Å²) < 4.78 is 26.5. The first-order chi connectivity index (χ1) is 8.63. The second-order valence-electron chi connectivity index (χ2n) is 5.36. The molecule has 1 fully saturated rings. The van der Waals surface area contributed by atoms with Gasteiger partial charge in [0.2, 0.25) is 5.91 Å². The zero-order valence-corrected chi connectivity index (χ0v) is 13.1. The topological polar surface area (TPSA) is 73.0 Å². The van der Waals surface area contributed by atoms with Gasteiger partial charge in [-0.3, -0.25) is 4.79 Å². The molecule has 1 aliphatic rings. The first kappa shape index (κ1) is 16.4. The van der Waals surface area contributed by atoms with E-state index in [4.69, 9.17) is 0 Å². The van der Waals surface area contributed by atoms with Crippen molar-refractivity contribution < 1.29 is 13.2 Å². The Kier molecular flexibility index (Phi) is 4.94. The molecule has 0 radical (unpaired) electrons. The molecule has 0 bridgehead atoms. The maximum absolute atomic E-state index is 12.2. The Bertz CT molecular complexity index is 425. The molecule has 1 amide bonds. The maximum Gasteiger partial charge on any atom is 0.281 e. The number of hydrogen-bond donors (Lipinski definition) is 1. The van der Waals surface area contributed by atoms with Crippen LogP contribution in [0.15, 0.2) is 0 Å². The van der Waals surface area contributed by atoms with Crippen LogP contribution in [0.3, 0.4) is 0 Å². The highest BCUT2D eigenvalue weighted by Crippen LogP contribution is 2.13. The average molecular weight is 292 g/mol. The second kappa shape index (κ2) is 5.74. The van der Waals surface area contributed by atoms with Crippen LogP contribution in [-0.2, 0) is 15.0 Å². The van der Waals surface area contributed by atoms with Crippen LogP contribution < -0.4 is 5.32 Å². The van der Waals surface area contributed by atoms with Crippen LogP contribution in [0.5, 0.6) is 0 Å². The normalized spacial score (nSPS) is 18.9. The van der Waals surface area contributed by atoms with Gasteiger partial charge in [-0.05, 0) is 20.9 Å². The number of hydrogen-bond acceptors (Lipinski definition) is 4. The van der Waals surface area contributed by atoms with Gasteiger partial charge < -0.3 is 10.2 Å². The fourth-order valence-electron chi connectivity index (χ4n) is 1.86. The standard InChI is InChI=1S/C11H24N4O3S/c1-11(2,12-3)10(16)14-6-8-15(9-7-14)19(17,18)13(4)5/h12H,6-9H2,1-5H3. The van der Waals surface area contributed by atoms with Gasteiger partial charge in [-0.25, -0.2) is 0 Å². The van der Waals surface area contributed by atoms with E-state index in [0.717, 1.165) is 0 Å². The quantitative estimate of drug-likeness (QED) is 0.716. The third-order valence-electron chi connectivity index (χ3n) is 3.47. The molecule has 0 atom stereocenters. The maximum atomic E-state index is 12.2. The molecule has 0 spiro atoms. The van der Waals surface area contributed by atoms with Crippen LogP contribution in [0.4, 0.5) is 0 Å². The highest BCUT2D eigenvalue weighted by Gasteiger charge is 2.35. The summed E-state index contributed by atoms with van der Waals surface area (Å²) >= 11 is 0. The Morgan fingerprint density at radius 3 is 2.00 bits per heavy atom.